The number of esters is 1. The predicted octanol–water partition coefficient (Wildman–Crippen LogP) is 1.65. The van der Waals surface area contributed by atoms with Gasteiger partial charge in [-0.05, 0) is 50.4 Å². The zero-order valence-corrected chi connectivity index (χ0v) is 10.8. The number of hydrogen-bond acceptors (Lipinski definition) is 4. The minimum absolute atomic E-state index is 0.0354. The van der Waals surface area contributed by atoms with Crippen molar-refractivity contribution in [3.8, 4) is 0 Å². The van der Waals surface area contributed by atoms with E-state index in [4.69, 9.17) is 4.74 Å². The normalized spacial score (nSPS) is 19.9. The van der Waals surface area contributed by atoms with Gasteiger partial charge in [0.25, 0.3) is 0 Å². The molecule has 1 unspecified atom stereocenters. The fourth-order valence-electron chi connectivity index (χ4n) is 2.42. The zero-order chi connectivity index (χ0) is 12.8. The second-order valence-electron chi connectivity index (χ2n) is 4.55. The van der Waals surface area contributed by atoms with Crippen LogP contribution >= 0.6 is 0 Å². The minimum atomic E-state index is -0.0651. The van der Waals surface area contributed by atoms with Crippen molar-refractivity contribution in [2.45, 2.75) is 32.2 Å². The summed E-state index contributed by atoms with van der Waals surface area (Å²) in [7, 11) is 0. The molecule has 1 aliphatic rings. The minimum Gasteiger partial charge on any atom is -0.465 e. The number of pyridine rings is 1. The van der Waals surface area contributed by atoms with Crippen LogP contribution in [0.4, 0.5) is 0 Å². The molecule has 0 aromatic carbocycles. The number of carbonyl (C=O) groups excluding carboxylic acids is 1. The van der Waals surface area contributed by atoms with Gasteiger partial charge in [-0.15, -0.1) is 0 Å². The molecule has 0 spiro atoms. The Balaban J connectivity index is 1.86. The fraction of sp³-hybridized carbons (Fsp3) is 0.571. The van der Waals surface area contributed by atoms with Crippen molar-refractivity contribution >= 4 is 5.97 Å². The molecule has 4 heteroatoms. The van der Waals surface area contributed by atoms with Gasteiger partial charge in [-0.2, -0.15) is 0 Å². The van der Waals surface area contributed by atoms with Crippen molar-refractivity contribution in [3.05, 3.63) is 30.1 Å². The van der Waals surface area contributed by atoms with Crippen LogP contribution in [0, 0.1) is 0 Å². The third-order valence-electron chi connectivity index (χ3n) is 3.36. The number of rotatable bonds is 5. The highest BCUT2D eigenvalue weighted by Crippen LogP contribution is 2.18. The van der Waals surface area contributed by atoms with Crippen molar-refractivity contribution in [3.63, 3.8) is 0 Å². The van der Waals surface area contributed by atoms with Crippen LogP contribution < -0.4 is 0 Å². The molecule has 1 atom stereocenters. The average Bonchev–Trinajstić information content (AvgIpc) is 2.86. The summed E-state index contributed by atoms with van der Waals surface area (Å²) in [5.41, 5.74) is 1.26. The Hall–Kier alpha value is -1.42. The first-order valence-corrected chi connectivity index (χ1v) is 6.61. The highest BCUT2D eigenvalue weighted by atomic mass is 16.5. The third-order valence-corrected chi connectivity index (χ3v) is 3.36. The average molecular weight is 248 g/mol. The second kappa shape index (κ2) is 6.50. The van der Waals surface area contributed by atoms with Crippen molar-refractivity contribution in [2.24, 2.45) is 0 Å². The lowest BCUT2D eigenvalue weighted by Gasteiger charge is -2.22. The van der Waals surface area contributed by atoms with Crippen LogP contribution in [0.2, 0.25) is 0 Å². The summed E-state index contributed by atoms with van der Waals surface area (Å²) in [4.78, 5) is 18.0. The van der Waals surface area contributed by atoms with Gasteiger partial charge in [0.15, 0.2) is 0 Å². The number of hydrogen-bond donors (Lipinski definition) is 0. The highest BCUT2D eigenvalue weighted by Gasteiger charge is 2.31. The van der Waals surface area contributed by atoms with Gasteiger partial charge >= 0.3 is 5.97 Å². The van der Waals surface area contributed by atoms with Crippen LogP contribution in [0.5, 0.6) is 0 Å². The number of ether oxygens (including phenoxy) is 1. The van der Waals surface area contributed by atoms with E-state index >= 15 is 0 Å². The molecule has 2 rings (SSSR count). The molecule has 1 fully saturated rings. The lowest BCUT2D eigenvalue weighted by Crippen LogP contribution is -2.38. The summed E-state index contributed by atoms with van der Waals surface area (Å²) in [6, 6.07) is 4.01. The van der Waals surface area contributed by atoms with Crippen LogP contribution in [0.3, 0.4) is 0 Å². The van der Waals surface area contributed by atoms with Crippen molar-refractivity contribution in [2.75, 3.05) is 19.7 Å². The zero-order valence-electron chi connectivity index (χ0n) is 10.8. The first kappa shape index (κ1) is 13.0. The van der Waals surface area contributed by atoms with E-state index in [1.165, 1.54) is 5.56 Å². The van der Waals surface area contributed by atoms with Gasteiger partial charge in [0.05, 0.1) is 6.61 Å². The maximum Gasteiger partial charge on any atom is 0.323 e. The summed E-state index contributed by atoms with van der Waals surface area (Å²) in [5.74, 6) is -0.0651. The van der Waals surface area contributed by atoms with E-state index in [0.29, 0.717) is 6.61 Å². The first-order valence-electron chi connectivity index (χ1n) is 6.61. The molecule has 1 aromatic heterocycles. The molecule has 0 aliphatic carbocycles. The van der Waals surface area contributed by atoms with E-state index in [0.717, 1.165) is 32.4 Å². The lowest BCUT2D eigenvalue weighted by atomic mass is 10.2. The molecule has 1 aromatic rings. The van der Waals surface area contributed by atoms with E-state index in [-0.39, 0.29) is 12.0 Å². The molecule has 98 valence electrons. The van der Waals surface area contributed by atoms with Gasteiger partial charge in [0, 0.05) is 18.9 Å². The molecule has 0 amide bonds. The third kappa shape index (κ3) is 3.29. The Morgan fingerprint density at radius 1 is 1.50 bits per heavy atom. The molecular weight excluding hydrogens is 228 g/mol. The molecule has 1 aliphatic heterocycles. The van der Waals surface area contributed by atoms with Gasteiger partial charge in [-0.25, -0.2) is 0 Å². The topological polar surface area (TPSA) is 42.4 Å². The van der Waals surface area contributed by atoms with Crippen LogP contribution in [-0.2, 0) is 16.0 Å². The predicted molar refractivity (Wildman–Crippen MR) is 69.2 cm³/mol. The first-order chi connectivity index (χ1) is 8.81. The van der Waals surface area contributed by atoms with E-state index in [1.807, 2.05) is 31.5 Å². The summed E-state index contributed by atoms with van der Waals surface area (Å²) in [6.45, 7) is 4.23. The van der Waals surface area contributed by atoms with Gasteiger partial charge in [-0.1, -0.05) is 0 Å². The second-order valence-corrected chi connectivity index (χ2v) is 4.55. The largest absolute Gasteiger partial charge is 0.465 e. The fourth-order valence-corrected chi connectivity index (χ4v) is 2.42. The Morgan fingerprint density at radius 2 is 2.28 bits per heavy atom. The summed E-state index contributed by atoms with van der Waals surface area (Å²) in [5, 5.41) is 0. The molecule has 4 nitrogen and oxygen atoms in total. The lowest BCUT2D eigenvalue weighted by molar-refractivity contribution is -0.148. The van der Waals surface area contributed by atoms with Gasteiger partial charge < -0.3 is 4.74 Å². The van der Waals surface area contributed by atoms with E-state index in [1.54, 1.807) is 0 Å². The number of aromatic nitrogens is 1. The Labute approximate surface area is 108 Å². The summed E-state index contributed by atoms with van der Waals surface area (Å²) in [6.07, 6.45) is 6.58. The van der Waals surface area contributed by atoms with Gasteiger partial charge in [0.1, 0.15) is 6.04 Å². The van der Waals surface area contributed by atoms with Crippen molar-refractivity contribution < 1.29 is 9.53 Å². The Bertz CT molecular complexity index is 381. The smallest absolute Gasteiger partial charge is 0.323 e. The maximum absolute atomic E-state index is 11.8. The molecule has 0 radical (unpaired) electrons. The van der Waals surface area contributed by atoms with Crippen molar-refractivity contribution in [1.82, 2.24) is 9.88 Å². The monoisotopic (exact) mass is 248 g/mol. The van der Waals surface area contributed by atoms with Crippen LogP contribution in [0.1, 0.15) is 25.3 Å². The van der Waals surface area contributed by atoms with E-state index < -0.39 is 0 Å². The van der Waals surface area contributed by atoms with Gasteiger partial charge in [-0.3, -0.25) is 14.7 Å². The Morgan fingerprint density at radius 3 is 3.00 bits per heavy atom. The molecule has 2 heterocycles. The van der Waals surface area contributed by atoms with Gasteiger partial charge in [0.2, 0.25) is 0 Å². The van der Waals surface area contributed by atoms with Crippen LogP contribution in [-0.4, -0.2) is 41.6 Å². The number of carbonyl (C=O) groups is 1. The molecule has 0 bridgehead atoms. The number of nitrogens with zero attached hydrogens (tertiary/aromatic N) is 2. The standard InChI is InChI=1S/C14H20N2O2/c1-2-18-14(17)13-4-3-10-16(13)11-7-12-5-8-15-9-6-12/h5-6,8-9,13H,2-4,7,10-11H2,1H3. The highest BCUT2D eigenvalue weighted by molar-refractivity contribution is 5.76. The summed E-state index contributed by atoms with van der Waals surface area (Å²) < 4.78 is 5.12. The van der Waals surface area contributed by atoms with E-state index in [9.17, 15) is 4.79 Å². The summed E-state index contributed by atoms with van der Waals surface area (Å²) >= 11 is 0. The molecule has 0 N–H and O–H groups in total. The van der Waals surface area contributed by atoms with Crippen LogP contribution in [0.15, 0.2) is 24.5 Å². The molecule has 18 heavy (non-hydrogen) atoms. The van der Waals surface area contributed by atoms with Crippen molar-refractivity contribution in [1.29, 1.82) is 0 Å². The Kier molecular flexibility index (Phi) is 4.70. The molecule has 0 saturated carbocycles. The molecular formula is C14H20N2O2. The maximum atomic E-state index is 11.8. The SMILES string of the molecule is CCOC(=O)C1CCCN1CCc1ccncc1. The van der Waals surface area contributed by atoms with Crippen LogP contribution in [0.25, 0.3) is 0 Å². The van der Waals surface area contributed by atoms with E-state index in [2.05, 4.69) is 9.88 Å². The quantitative estimate of drug-likeness (QED) is 0.743. The number of likely N-dealkylation sites (tertiary alicyclic amines) is 1. The molecule has 1 saturated heterocycles.